The molecular formula is C14H23N3O. The molecule has 0 heterocycles. The van der Waals surface area contributed by atoms with Gasteiger partial charge < -0.3 is 16.0 Å². The molecular weight excluding hydrogens is 226 g/mol. The number of carbonyl (C=O) groups is 1. The van der Waals surface area contributed by atoms with E-state index in [9.17, 15) is 4.79 Å². The topological polar surface area (TPSA) is 58.4 Å². The molecule has 1 aromatic carbocycles. The van der Waals surface area contributed by atoms with E-state index in [1.165, 1.54) is 0 Å². The molecule has 0 radical (unpaired) electrons. The predicted molar refractivity (Wildman–Crippen MR) is 76.7 cm³/mol. The van der Waals surface area contributed by atoms with Crippen molar-refractivity contribution < 1.29 is 4.79 Å². The van der Waals surface area contributed by atoms with Crippen molar-refractivity contribution in [1.29, 1.82) is 0 Å². The van der Waals surface area contributed by atoms with E-state index < -0.39 is 0 Å². The van der Waals surface area contributed by atoms with Crippen molar-refractivity contribution in [2.45, 2.75) is 26.7 Å². The Kier molecular flexibility index (Phi) is 6.05. The van der Waals surface area contributed by atoms with Gasteiger partial charge in [-0.2, -0.15) is 0 Å². The van der Waals surface area contributed by atoms with Crippen LogP contribution in [0.2, 0.25) is 0 Å². The van der Waals surface area contributed by atoms with Gasteiger partial charge in [0.25, 0.3) is 0 Å². The van der Waals surface area contributed by atoms with Gasteiger partial charge in [0.05, 0.1) is 6.54 Å². The van der Waals surface area contributed by atoms with Gasteiger partial charge in [-0.3, -0.25) is 4.79 Å². The summed E-state index contributed by atoms with van der Waals surface area (Å²) in [4.78, 5) is 13.8. The molecule has 0 unspecified atom stereocenters. The van der Waals surface area contributed by atoms with Crippen molar-refractivity contribution in [3.05, 3.63) is 24.3 Å². The summed E-state index contributed by atoms with van der Waals surface area (Å²) in [6, 6.07) is 7.66. The van der Waals surface area contributed by atoms with Gasteiger partial charge in [-0.15, -0.1) is 0 Å². The highest BCUT2D eigenvalue weighted by atomic mass is 16.2. The van der Waals surface area contributed by atoms with Crippen molar-refractivity contribution in [2.75, 3.05) is 30.3 Å². The van der Waals surface area contributed by atoms with Gasteiger partial charge in [0.15, 0.2) is 0 Å². The Bertz CT molecular complexity index is 379. The highest BCUT2D eigenvalue weighted by Gasteiger charge is 2.10. The molecule has 0 bridgehead atoms. The number of carbonyl (C=O) groups excluding carboxylic acids is 1. The van der Waals surface area contributed by atoms with Crippen molar-refractivity contribution in [3.8, 4) is 0 Å². The van der Waals surface area contributed by atoms with E-state index in [1.807, 2.05) is 31.2 Å². The zero-order valence-corrected chi connectivity index (χ0v) is 11.3. The van der Waals surface area contributed by atoms with Crippen LogP contribution in [0.4, 0.5) is 11.4 Å². The predicted octanol–water partition coefficient (Wildman–Crippen LogP) is 2.01. The Morgan fingerprint density at radius 1 is 1.33 bits per heavy atom. The summed E-state index contributed by atoms with van der Waals surface area (Å²) >= 11 is 0. The summed E-state index contributed by atoms with van der Waals surface area (Å²) in [7, 11) is 0. The van der Waals surface area contributed by atoms with Crippen LogP contribution in [-0.2, 0) is 4.79 Å². The number of hydrogen-bond acceptors (Lipinski definition) is 3. The van der Waals surface area contributed by atoms with Gasteiger partial charge in [0, 0.05) is 24.5 Å². The summed E-state index contributed by atoms with van der Waals surface area (Å²) in [5, 5.41) is 2.89. The fraction of sp³-hybridized carbons (Fsp3) is 0.500. The number of nitrogens with two attached hydrogens (primary N) is 1. The number of hydrogen-bond donors (Lipinski definition) is 2. The number of anilines is 2. The molecule has 0 aliphatic heterocycles. The van der Waals surface area contributed by atoms with Crippen molar-refractivity contribution in [1.82, 2.24) is 5.32 Å². The third-order valence-electron chi connectivity index (χ3n) is 2.64. The van der Waals surface area contributed by atoms with Crippen LogP contribution in [0.3, 0.4) is 0 Å². The van der Waals surface area contributed by atoms with Gasteiger partial charge in [0.2, 0.25) is 5.91 Å². The quantitative estimate of drug-likeness (QED) is 0.727. The second-order valence-corrected chi connectivity index (χ2v) is 4.37. The van der Waals surface area contributed by atoms with Gasteiger partial charge >= 0.3 is 0 Å². The molecule has 0 saturated carbocycles. The molecule has 1 rings (SSSR count). The summed E-state index contributed by atoms with van der Waals surface area (Å²) in [6.07, 6.45) is 1.95. The SMILES string of the molecule is CCCNC(=O)CN(CCC)c1cccc(N)c1. The Morgan fingerprint density at radius 3 is 2.72 bits per heavy atom. The summed E-state index contributed by atoms with van der Waals surface area (Å²) in [6.45, 7) is 6.11. The summed E-state index contributed by atoms with van der Waals surface area (Å²) in [5.74, 6) is 0.0627. The second-order valence-electron chi connectivity index (χ2n) is 4.37. The molecule has 3 N–H and O–H groups in total. The zero-order valence-electron chi connectivity index (χ0n) is 11.3. The third kappa shape index (κ3) is 4.65. The largest absolute Gasteiger partial charge is 0.399 e. The van der Waals surface area contributed by atoms with Gasteiger partial charge in [-0.25, -0.2) is 0 Å². The molecule has 4 nitrogen and oxygen atoms in total. The molecule has 0 atom stereocenters. The molecule has 18 heavy (non-hydrogen) atoms. The minimum atomic E-state index is 0.0627. The van der Waals surface area contributed by atoms with Crippen LogP contribution < -0.4 is 16.0 Å². The molecule has 0 fully saturated rings. The monoisotopic (exact) mass is 249 g/mol. The Balaban J connectivity index is 2.67. The number of nitrogens with zero attached hydrogens (tertiary/aromatic N) is 1. The highest BCUT2D eigenvalue weighted by molar-refractivity contribution is 5.81. The lowest BCUT2D eigenvalue weighted by Gasteiger charge is -2.24. The van der Waals surface area contributed by atoms with Crippen LogP contribution >= 0.6 is 0 Å². The van der Waals surface area contributed by atoms with E-state index in [2.05, 4.69) is 17.1 Å². The number of nitrogens with one attached hydrogen (secondary N) is 1. The van der Waals surface area contributed by atoms with Crippen molar-refractivity contribution in [2.24, 2.45) is 0 Å². The second kappa shape index (κ2) is 7.58. The summed E-state index contributed by atoms with van der Waals surface area (Å²) in [5.41, 5.74) is 7.50. The molecule has 0 saturated heterocycles. The van der Waals surface area contributed by atoms with E-state index in [1.54, 1.807) is 0 Å². The van der Waals surface area contributed by atoms with Gasteiger partial charge in [-0.05, 0) is 31.0 Å². The minimum absolute atomic E-state index is 0.0627. The minimum Gasteiger partial charge on any atom is -0.399 e. The first-order valence-corrected chi connectivity index (χ1v) is 6.54. The maximum Gasteiger partial charge on any atom is 0.239 e. The molecule has 0 aliphatic carbocycles. The van der Waals surface area contributed by atoms with E-state index >= 15 is 0 Å². The van der Waals surface area contributed by atoms with Gasteiger partial charge in [-0.1, -0.05) is 19.9 Å². The maximum atomic E-state index is 11.8. The van der Waals surface area contributed by atoms with E-state index in [0.717, 1.165) is 37.3 Å². The highest BCUT2D eigenvalue weighted by Crippen LogP contribution is 2.17. The fourth-order valence-electron chi connectivity index (χ4n) is 1.78. The lowest BCUT2D eigenvalue weighted by molar-refractivity contribution is -0.119. The van der Waals surface area contributed by atoms with Crippen LogP contribution in [-0.4, -0.2) is 25.5 Å². The smallest absolute Gasteiger partial charge is 0.239 e. The normalized spacial score (nSPS) is 10.1. The molecule has 1 aromatic rings. The van der Waals surface area contributed by atoms with Crippen LogP contribution in [0, 0.1) is 0 Å². The first-order chi connectivity index (χ1) is 8.67. The van der Waals surface area contributed by atoms with E-state index in [0.29, 0.717) is 6.54 Å². The molecule has 0 aromatic heterocycles. The standard InChI is InChI=1S/C14H23N3O/c1-3-8-16-14(18)11-17(9-4-2)13-7-5-6-12(15)10-13/h5-7,10H,3-4,8-9,11,15H2,1-2H3,(H,16,18). The van der Waals surface area contributed by atoms with E-state index in [4.69, 9.17) is 5.73 Å². The molecule has 0 spiro atoms. The Labute approximate surface area is 109 Å². The molecule has 0 aliphatic rings. The van der Waals surface area contributed by atoms with E-state index in [-0.39, 0.29) is 5.91 Å². The van der Waals surface area contributed by atoms with Crippen LogP contribution in [0.5, 0.6) is 0 Å². The zero-order chi connectivity index (χ0) is 13.4. The molecule has 1 amide bonds. The average Bonchev–Trinajstić information content (AvgIpc) is 2.36. The van der Waals surface area contributed by atoms with Crippen LogP contribution in [0.25, 0.3) is 0 Å². The van der Waals surface area contributed by atoms with Crippen LogP contribution in [0.15, 0.2) is 24.3 Å². The van der Waals surface area contributed by atoms with Crippen LogP contribution in [0.1, 0.15) is 26.7 Å². The summed E-state index contributed by atoms with van der Waals surface area (Å²) < 4.78 is 0. The third-order valence-corrected chi connectivity index (χ3v) is 2.64. The molecule has 4 heteroatoms. The number of amides is 1. The van der Waals surface area contributed by atoms with Crippen molar-refractivity contribution >= 4 is 17.3 Å². The number of nitrogen functional groups attached to an aromatic ring is 1. The first-order valence-electron chi connectivity index (χ1n) is 6.54. The van der Waals surface area contributed by atoms with Gasteiger partial charge in [0.1, 0.15) is 0 Å². The number of benzene rings is 1. The first kappa shape index (κ1) is 14.4. The maximum absolute atomic E-state index is 11.8. The Hall–Kier alpha value is -1.71. The molecule has 100 valence electrons. The lowest BCUT2D eigenvalue weighted by atomic mass is 10.2. The average molecular weight is 249 g/mol. The van der Waals surface area contributed by atoms with Crippen molar-refractivity contribution in [3.63, 3.8) is 0 Å². The Morgan fingerprint density at radius 2 is 2.11 bits per heavy atom. The lowest BCUT2D eigenvalue weighted by Crippen LogP contribution is -2.38. The number of rotatable bonds is 7. The fourth-order valence-corrected chi connectivity index (χ4v) is 1.78.